The van der Waals surface area contributed by atoms with Gasteiger partial charge >= 0.3 is 0 Å². The molecule has 2 aromatic rings. The van der Waals surface area contributed by atoms with Crippen LogP contribution in [0.3, 0.4) is 0 Å². The zero-order valence-corrected chi connectivity index (χ0v) is 13.8. The van der Waals surface area contributed by atoms with E-state index >= 15 is 0 Å². The molecule has 3 heterocycles. The second-order valence-electron chi connectivity index (χ2n) is 6.03. The molecule has 1 aromatic carbocycles. The van der Waals surface area contributed by atoms with Gasteiger partial charge in [-0.25, -0.2) is 0 Å². The summed E-state index contributed by atoms with van der Waals surface area (Å²) in [5.41, 5.74) is 1.98. The Kier molecular flexibility index (Phi) is 4.35. The molecule has 1 aromatic heterocycles. The monoisotopic (exact) mass is 333 g/mol. The summed E-state index contributed by atoms with van der Waals surface area (Å²) in [7, 11) is 0. The summed E-state index contributed by atoms with van der Waals surface area (Å²) in [5.74, 6) is 0.882. The molecular weight excluding hydrogens is 314 g/mol. The van der Waals surface area contributed by atoms with Crippen molar-refractivity contribution >= 4 is 22.5 Å². The Morgan fingerprint density at radius 2 is 2.00 bits per heavy atom. The molecule has 6 heteroatoms. The van der Waals surface area contributed by atoms with Crippen LogP contribution in [0.1, 0.15) is 5.56 Å². The van der Waals surface area contributed by atoms with E-state index in [4.69, 9.17) is 21.1 Å². The highest BCUT2D eigenvalue weighted by molar-refractivity contribution is 6.35. The Labute approximate surface area is 140 Å². The van der Waals surface area contributed by atoms with Crippen LogP contribution in [-0.4, -0.2) is 60.9 Å². The van der Waals surface area contributed by atoms with Crippen LogP contribution >= 0.6 is 11.6 Å². The van der Waals surface area contributed by atoms with Crippen molar-refractivity contribution in [2.24, 2.45) is 0 Å². The van der Waals surface area contributed by atoms with Gasteiger partial charge in [0.25, 0.3) is 0 Å². The molecule has 0 atom stereocenters. The Morgan fingerprint density at radius 1 is 1.17 bits per heavy atom. The Bertz CT molecular complexity index is 704. The van der Waals surface area contributed by atoms with Crippen molar-refractivity contribution in [2.75, 3.05) is 46.1 Å². The zero-order chi connectivity index (χ0) is 15.6. The van der Waals surface area contributed by atoms with Crippen LogP contribution in [-0.2, 0) is 11.3 Å². The fourth-order valence-corrected chi connectivity index (χ4v) is 3.48. The number of aromatic nitrogens is 1. The number of hydrogen-bond acceptors (Lipinski definition) is 5. The third-order valence-electron chi connectivity index (χ3n) is 4.49. The zero-order valence-electron chi connectivity index (χ0n) is 13.0. The molecule has 0 saturated carbocycles. The minimum atomic E-state index is 0.602. The first-order chi connectivity index (χ1) is 11.3. The molecule has 0 spiro atoms. The molecule has 5 nitrogen and oxygen atoms in total. The molecule has 0 amide bonds. The van der Waals surface area contributed by atoms with Crippen molar-refractivity contribution < 1.29 is 9.47 Å². The van der Waals surface area contributed by atoms with Crippen molar-refractivity contribution in [3.05, 3.63) is 35.0 Å². The van der Waals surface area contributed by atoms with Gasteiger partial charge in [0.05, 0.1) is 18.2 Å². The first kappa shape index (κ1) is 15.1. The Morgan fingerprint density at radius 3 is 2.87 bits per heavy atom. The topological polar surface area (TPSA) is 37.8 Å². The van der Waals surface area contributed by atoms with Crippen LogP contribution in [0.25, 0.3) is 10.9 Å². The van der Waals surface area contributed by atoms with E-state index in [0.717, 1.165) is 73.2 Å². The number of halogens is 1. The molecule has 2 aliphatic heterocycles. The second-order valence-corrected chi connectivity index (χ2v) is 6.43. The predicted molar refractivity (Wildman–Crippen MR) is 89.9 cm³/mol. The summed E-state index contributed by atoms with van der Waals surface area (Å²) in [5, 5.41) is 1.69. The number of rotatable bonds is 3. The van der Waals surface area contributed by atoms with Gasteiger partial charge in [-0.1, -0.05) is 11.6 Å². The van der Waals surface area contributed by atoms with Crippen molar-refractivity contribution in [3.63, 3.8) is 0 Å². The predicted octanol–water partition coefficient (Wildman–Crippen LogP) is 2.37. The molecule has 0 bridgehead atoms. The molecule has 122 valence electrons. The highest BCUT2D eigenvalue weighted by atomic mass is 35.5. The van der Waals surface area contributed by atoms with Gasteiger partial charge in [-0.3, -0.25) is 14.8 Å². The minimum Gasteiger partial charge on any atom is -0.475 e. The maximum Gasteiger partial charge on any atom is 0.152 e. The maximum atomic E-state index is 6.40. The van der Waals surface area contributed by atoms with Gasteiger partial charge in [-0.05, 0) is 18.2 Å². The third-order valence-corrected chi connectivity index (χ3v) is 4.81. The number of nitrogens with zero attached hydrogens (tertiary/aromatic N) is 3. The second kappa shape index (κ2) is 6.61. The summed E-state index contributed by atoms with van der Waals surface area (Å²) in [4.78, 5) is 9.20. The van der Waals surface area contributed by atoms with E-state index in [1.54, 1.807) is 6.20 Å². The fraction of sp³-hybridized carbons (Fsp3) is 0.471. The summed E-state index contributed by atoms with van der Waals surface area (Å²) in [6.07, 6.45) is 1.78. The number of pyridine rings is 1. The lowest BCUT2D eigenvalue weighted by atomic mass is 10.1. The van der Waals surface area contributed by atoms with Crippen LogP contribution in [0.15, 0.2) is 24.4 Å². The van der Waals surface area contributed by atoms with Gasteiger partial charge < -0.3 is 9.47 Å². The first-order valence-corrected chi connectivity index (χ1v) is 8.40. The average molecular weight is 334 g/mol. The molecule has 1 fully saturated rings. The van der Waals surface area contributed by atoms with E-state index in [1.807, 2.05) is 18.2 Å². The quantitative estimate of drug-likeness (QED) is 0.862. The van der Waals surface area contributed by atoms with Gasteiger partial charge in [0, 0.05) is 49.9 Å². The number of ether oxygens (including phenoxy) is 2. The van der Waals surface area contributed by atoms with Crippen LogP contribution < -0.4 is 4.74 Å². The van der Waals surface area contributed by atoms with E-state index in [-0.39, 0.29) is 0 Å². The largest absolute Gasteiger partial charge is 0.475 e. The smallest absolute Gasteiger partial charge is 0.152 e. The summed E-state index contributed by atoms with van der Waals surface area (Å²) in [6.45, 7) is 7.20. The lowest BCUT2D eigenvalue weighted by Crippen LogP contribution is -2.43. The van der Waals surface area contributed by atoms with Crippen molar-refractivity contribution in [1.82, 2.24) is 14.8 Å². The number of fused-ring (bicyclic) bond motifs is 3. The van der Waals surface area contributed by atoms with Gasteiger partial charge in [0.2, 0.25) is 0 Å². The van der Waals surface area contributed by atoms with E-state index in [1.165, 1.54) is 0 Å². The average Bonchev–Trinajstić information content (AvgIpc) is 2.61. The highest BCUT2D eigenvalue weighted by Gasteiger charge is 2.22. The molecule has 0 N–H and O–H groups in total. The number of benzene rings is 1. The van der Waals surface area contributed by atoms with E-state index in [0.29, 0.717) is 6.73 Å². The molecular formula is C17H20ClN3O2. The van der Waals surface area contributed by atoms with Gasteiger partial charge in [-0.15, -0.1) is 0 Å². The Balaban J connectivity index is 1.48. The molecule has 2 aliphatic rings. The lowest BCUT2D eigenvalue weighted by molar-refractivity contribution is 0.0243. The van der Waals surface area contributed by atoms with E-state index in [2.05, 4.69) is 14.8 Å². The first-order valence-electron chi connectivity index (χ1n) is 8.02. The molecule has 0 unspecified atom stereocenters. The highest BCUT2D eigenvalue weighted by Crippen LogP contribution is 2.36. The SMILES string of the molecule is Clc1cc2c(c3ncccc13)OCN(CCN1CCOCC1)C2. The number of morpholine rings is 1. The minimum absolute atomic E-state index is 0.602. The third kappa shape index (κ3) is 3.15. The molecule has 4 rings (SSSR count). The van der Waals surface area contributed by atoms with Crippen molar-refractivity contribution in [1.29, 1.82) is 0 Å². The summed E-state index contributed by atoms with van der Waals surface area (Å²) >= 11 is 6.40. The van der Waals surface area contributed by atoms with Crippen LogP contribution in [0.5, 0.6) is 5.75 Å². The summed E-state index contributed by atoms with van der Waals surface area (Å²) in [6, 6.07) is 5.90. The van der Waals surface area contributed by atoms with Gasteiger partial charge in [0.15, 0.2) is 5.75 Å². The molecule has 1 saturated heterocycles. The normalized spacial score (nSPS) is 19.5. The van der Waals surface area contributed by atoms with Crippen molar-refractivity contribution in [2.45, 2.75) is 6.54 Å². The van der Waals surface area contributed by atoms with E-state index in [9.17, 15) is 0 Å². The molecule has 0 aliphatic carbocycles. The Hall–Kier alpha value is -1.40. The molecule has 23 heavy (non-hydrogen) atoms. The van der Waals surface area contributed by atoms with Crippen LogP contribution in [0.4, 0.5) is 0 Å². The van der Waals surface area contributed by atoms with Crippen LogP contribution in [0.2, 0.25) is 5.02 Å². The standard InChI is InChI=1S/C17H20ClN3O2/c18-15-10-13-11-21(5-4-20-6-8-22-9-7-20)12-23-17(13)16-14(15)2-1-3-19-16/h1-3,10H,4-9,11-12H2. The van der Waals surface area contributed by atoms with Gasteiger partial charge in [-0.2, -0.15) is 0 Å². The van der Waals surface area contributed by atoms with Gasteiger partial charge in [0.1, 0.15) is 12.2 Å². The lowest BCUT2D eigenvalue weighted by Gasteiger charge is -2.33. The van der Waals surface area contributed by atoms with Crippen LogP contribution in [0, 0.1) is 0 Å². The number of hydrogen-bond donors (Lipinski definition) is 0. The maximum absolute atomic E-state index is 6.40. The summed E-state index contributed by atoms with van der Waals surface area (Å²) < 4.78 is 11.4. The fourth-order valence-electron chi connectivity index (χ4n) is 3.20. The van der Waals surface area contributed by atoms with E-state index < -0.39 is 0 Å². The molecule has 0 radical (unpaired) electrons. The van der Waals surface area contributed by atoms with Crippen molar-refractivity contribution in [3.8, 4) is 5.75 Å².